The van der Waals surface area contributed by atoms with Gasteiger partial charge in [-0.05, 0) is 60.4 Å². The molecule has 8 rings (SSSR count). The predicted octanol–water partition coefficient (Wildman–Crippen LogP) is 4.89. The first-order valence-electron chi connectivity index (χ1n) is 24.0. The van der Waals surface area contributed by atoms with Crippen LogP contribution in [0.4, 0.5) is 28.7 Å². The summed E-state index contributed by atoms with van der Waals surface area (Å²) in [6.45, 7) is 9.13. The Balaban J connectivity index is 0.704. The van der Waals surface area contributed by atoms with E-state index in [4.69, 9.17) is 18.6 Å². The number of rotatable bonds is 20. The van der Waals surface area contributed by atoms with E-state index in [0.717, 1.165) is 16.3 Å². The summed E-state index contributed by atoms with van der Waals surface area (Å²) in [6, 6.07) is 21.7. The van der Waals surface area contributed by atoms with Crippen LogP contribution in [-0.4, -0.2) is 133 Å². The van der Waals surface area contributed by atoms with Gasteiger partial charge in [-0.2, -0.15) is 10.2 Å². The fourth-order valence-electron chi connectivity index (χ4n) is 8.39. The summed E-state index contributed by atoms with van der Waals surface area (Å²) in [4.78, 5) is 103. The highest BCUT2D eigenvalue weighted by Crippen LogP contribution is 2.34. The second kappa shape index (κ2) is 23.2. The first-order chi connectivity index (χ1) is 35.6. The number of hydrogen-bond donors (Lipinski definition) is 5. The van der Waals surface area contributed by atoms with Crippen molar-refractivity contribution in [1.82, 2.24) is 30.4 Å². The summed E-state index contributed by atoms with van der Waals surface area (Å²) < 4.78 is 23.0. The van der Waals surface area contributed by atoms with Gasteiger partial charge in [-0.3, -0.25) is 43.8 Å². The average molecular weight is 1010 g/mol. The van der Waals surface area contributed by atoms with Gasteiger partial charge in [0.05, 0.1) is 56.8 Å². The number of piperidine rings is 1. The fraction of sp³-hybridized carbons (Fsp3) is 0.346. The maximum absolute atomic E-state index is 13.3. The zero-order chi connectivity index (χ0) is 52.4. The third kappa shape index (κ3) is 12.9. The largest absolute Gasteiger partial charge is 0.457 e. The van der Waals surface area contributed by atoms with E-state index in [1.807, 2.05) is 56.0 Å². The lowest BCUT2D eigenvalue weighted by molar-refractivity contribution is -0.136. The van der Waals surface area contributed by atoms with E-state index in [1.54, 1.807) is 48.5 Å². The summed E-state index contributed by atoms with van der Waals surface area (Å²) in [7, 11) is 0. The van der Waals surface area contributed by atoms with Crippen molar-refractivity contribution in [2.45, 2.75) is 46.1 Å². The molecule has 0 bridgehead atoms. The van der Waals surface area contributed by atoms with Crippen LogP contribution in [0.15, 0.2) is 95.1 Å². The Hall–Kier alpha value is -8.68. The van der Waals surface area contributed by atoms with E-state index >= 15 is 0 Å². The molecule has 5 N–H and O–H groups in total. The number of anilines is 5. The molecule has 2 saturated heterocycles. The van der Waals surface area contributed by atoms with Crippen molar-refractivity contribution in [1.29, 1.82) is 5.26 Å². The third-order valence-corrected chi connectivity index (χ3v) is 12.0. The number of nitriles is 1. The molecule has 2 fully saturated rings. The molecule has 2 aromatic heterocycles. The van der Waals surface area contributed by atoms with Gasteiger partial charge in [0.15, 0.2) is 0 Å². The molecule has 0 aliphatic carbocycles. The minimum atomic E-state index is -1.09. The number of carbonyl (C=O) groups is 7. The van der Waals surface area contributed by atoms with Gasteiger partial charge >= 0.3 is 0 Å². The number of amides is 7. The lowest BCUT2D eigenvalue weighted by Gasteiger charge is -2.36. The molecule has 384 valence electrons. The van der Waals surface area contributed by atoms with Crippen LogP contribution in [0.25, 0.3) is 11.1 Å². The summed E-state index contributed by atoms with van der Waals surface area (Å²) in [6.07, 6.45) is 3.38. The first kappa shape index (κ1) is 51.7. The van der Waals surface area contributed by atoms with Crippen LogP contribution in [0.5, 0.6) is 11.6 Å². The SMILES string of the molecule is CC(C)(C)/C=C(\C#N)C(=O)Nc1cccc(Oc2nc(Nc3ccc(N4CCN(C(=O)CCOCCOCCNC(=O)CNc5cccc6c5C(=O)N(C5CCC(=O)NC5=O)C6=O)CC4)cc3)nc3ccoc23)c1. The Morgan fingerprint density at radius 2 is 1.65 bits per heavy atom. The van der Waals surface area contributed by atoms with Crippen molar-refractivity contribution >= 4 is 81.1 Å². The number of imide groups is 2. The van der Waals surface area contributed by atoms with Gasteiger partial charge in [-0.25, -0.2) is 4.98 Å². The molecule has 74 heavy (non-hydrogen) atoms. The van der Waals surface area contributed by atoms with Gasteiger partial charge in [-0.1, -0.05) is 39.0 Å². The molecule has 0 spiro atoms. The van der Waals surface area contributed by atoms with Gasteiger partial charge < -0.3 is 49.7 Å². The summed E-state index contributed by atoms with van der Waals surface area (Å²) in [5.74, 6) is -2.58. The second-order valence-electron chi connectivity index (χ2n) is 18.5. The van der Waals surface area contributed by atoms with Crippen LogP contribution in [0.2, 0.25) is 0 Å². The predicted molar refractivity (Wildman–Crippen MR) is 269 cm³/mol. The van der Waals surface area contributed by atoms with Gasteiger partial charge in [0.2, 0.25) is 35.2 Å². The molecule has 5 heterocycles. The molecule has 7 amide bonds. The lowest BCUT2D eigenvalue weighted by Crippen LogP contribution is -2.54. The van der Waals surface area contributed by atoms with Gasteiger partial charge in [0.1, 0.15) is 29.0 Å². The number of furan rings is 1. The number of fused-ring (bicyclic) bond motifs is 2. The van der Waals surface area contributed by atoms with Crippen molar-refractivity contribution in [3.05, 3.63) is 102 Å². The van der Waals surface area contributed by atoms with E-state index in [1.165, 1.54) is 12.3 Å². The topological polar surface area (TPSA) is 280 Å². The summed E-state index contributed by atoms with van der Waals surface area (Å²) in [5.41, 5.74) is 3.09. The third-order valence-electron chi connectivity index (χ3n) is 12.0. The molecule has 3 aliphatic rings. The van der Waals surface area contributed by atoms with Crippen molar-refractivity contribution in [3.8, 4) is 17.7 Å². The van der Waals surface area contributed by atoms with Gasteiger partial charge in [0.25, 0.3) is 23.6 Å². The highest BCUT2D eigenvalue weighted by molar-refractivity contribution is 6.25. The Labute approximate surface area is 425 Å². The van der Waals surface area contributed by atoms with Crippen molar-refractivity contribution in [3.63, 3.8) is 0 Å². The number of hydrogen-bond acceptors (Lipinski definition) is 17. The maximum atomic E-state index is 13.3. The van der Waals surface area contributed by atoms with Gasteiger partial charge in [0, 0.05) is 74.0 Å². The number of nitrogens with one attached hydrogen (secondary N) is 5. The Kier molecular flexibility index (Phi) is 16.2. The normalized spacial score (nSPS) is 15.9. The highest BCUT2D eigenvalue weighted by Gasteiger charge is 2.45. The Morgan fingerprint density at radius 3 is 2.39 bits per heavy atom. The van der Waals surface area contributed by atoms with Crippen molar-refractivity contribution in [2.24, 2.45) is 5.41 Å². The standard InChI is InChI=1S/C52H55N11O11/c1-52(2,3)29-32(30-53)46(67)56-34-6-4-7-36(28-34)74-48-45-39(16-24-73-45)58-51(60-48)57-33-10-12-35(13-11-33)61-19-21-62(22-20-61)43(66)17-23-71-26-27-72-25-18-54-42(65)31-55-38-9-5-8-37-44(38)50(70)63(49(37)69)40-14-15-41(64)59-47(40)68/h4-13,16,24,28-29,40,55H,14-15,17-23,25-27,31H2,1-3H3,(H,54,65)(H,56,67)(H,57,58,60)(H,59,64,68)/b32-29+. The van der Waals surface area contributed by atoms with Crippen LogP contribution >= 0.6 is 0 Å². The number of ether oxygens (including phenoxy) is 3. The monoisotopic (exact) mass is 1010 g/mol. The Bertz CT molecular complexity index is 3020. The smallest absolute Gasteiger partial charge is 0.268 e. The van der Waals surface area contributed by atoms with Crippen LogP contribution in [0.3, 0.4) is 0 Å². The molecule has 0 radical (unpaired) electrons. The quantitative estimate of drug-likeness (QED) is 0.0300. The highest BCUT2D eigenvalue weighted by atomic mass is 16.5. The number of nitrogens with zero attached hydrogens (tertiary/aromatic N) is 6. The van der Waals surface area contributed by atoms with Crippen molar-refractivity contribution < 1.29 is 52.2 Å². The van der Waals surface area contributed by atoms with Crippen LogP contribution in [-0.2, 0) is 33.4 Å². The molecule has 5 aromatic rings. The first-order valence-corrected chi connectivity index (χ1v) is 24.0. The second-order valence-corrected chi connectivity index (χ2v) is 18.5. The fourth-order valence-corrected chi connectivity index (χ4v) is 8.39. The number of carbonyl (C=O) groups excluding carboxylic acids is 7. The summed E-state index contributed by atoms with van der Waals surface area (Å²) in [5, 5.41) is 23.3. The molecular weight excluding hydrogens is 955 g/mol. The van der Waals surface area contributed by atoms with Crippen LogP contribution in [0.1, 0.15) is 60.7 Å². The Morgan fingerprint density at radius 1 is 0.892 bits per heavy atom. The van der Waals surface area contributed by atoms with E-state index in [9.17, 15) is 38.8 Å². The zero-order valence-electron chi connectivity index (χ0n) is 41.0. The molecule has 22 heteroatoms. The number of benzene rings is 3. The molecule has 3 aliphatic heterocycles. The molecule has 1 atom stereocenters. The molecule has 0 saturated carbocycles. The maximum Gasteiger partial charge on any atom is 0.268 e. The molecular formula is C52H55N11O11. The summed E-state index contributed by atoms with van der Waals surface area (Å²) >= 11 is 0. The van der Waals surface area contributed by atoms with E-state index in [0.29, 0.717) is 48.7 Å². The lowest BCUT2D eigenvalue weighted by atomic mass is 9.93. The van der Waals surface area contributed by atoms with Crippen LogP contribution in [0, 0.1) is 16.7 Å². The zero-order valence-corrected chi connectivity index (χ0v) is 41.0. The van der Waals surface area contributed by atoms with E-state index in [-0.39, 0.29) is 110 Å². The average Bonchev–Trinajstić information content (AvgIpc) is 3.96. The number of allylic oxidation sites excluding steroid dienone is 1. The van der Waals surface area contributed by atoms with E-state index in [2.05, 4.69) is 41.5 Å². The number of aromatic nitrogens is 2. The molecule has 22 nitrogen and oxygen atoms in total. The minimum Gasteiger partial charge on any atom is -0.457 e. The number of piperazine rings is 1. The van der Waals surface area contributed by atoms with Crippen molar-refractivity contribution in [2.75, 3.05) is 86.5 Å². The molecule has 1 unspecified atom stereocenters. The van der Waals surface area contributed by atoms with Gasteiger partial charge in [-0.15, -0.1) is 0 Å². The molecule has 3 aromatic carbocycles. The van der Waals surface area contributed by atoms with E-state index < -0.39 is 35.6 Å². The van der Waals surface area contributed by atoms with Crippen LogP contribution < -0.4 is 36.2 Å². The minimum absolute atomic E-state index is 0.000126.